The minimum atomic E-state index is -1.04. The van der Waals surface area contributed by atoms with Crippen molar-refractivity contribution >= 4 is 22.8 Å². The summed E-state index contributed by atoms with van der Waals surface area (Å²) in [5.74, 6) is -0.370. The zero-order valence-electron chi connectivity index (χ0n) is 10.6. The Balaban J connectivity index is 4.30. The Hall–Kier alpha value is -1.11. The first-order valence-corrected chi connectivity index (χ1v) is 6.93. The summed E-state index contributed by atoms with van der Waals surface area (Å²) in [4.78, 5) is 22.5. The number of nitrogens with one attached hydrogen (secondary N) is 1. The average molecular weight is 264 g/mol. The van der Waals surface area contributed by atoms with E-state index in [0.29, 0.717) is 5.75 Å². The molecule has 2 amide bonds. The molecule has 0 aliphatic carbocycles. The highest BCUT2D eigenvalue weighted by molar-refractivity contribution is 7.84. The van der Waals surface area contributed by atoms with Crippen LogP contribution in [0.2, 0.25) is 0 Å². The maximum Gasteiger partial charge on any atom is 0.408 e. The van der Waals surface area contributed by atoms with Crippen LogP contribution in [0.5, 0.6) is 0 Å². The second-order valence-corrected chi connectivity index (χ2v) is 6.22. The second-order valence-electron chi connectivity index (χ2n) is 4.67. The van der Waals surface area contributed by atoms with Gasteiger partial charge in [0.15, 0.2) is 0 Å². The topological polar surface area (TPSA) is 98.5 Å². The first-order valence-electron chi connectivity index (χ1n) is 5.20. The van der Waals surface area contributed by atoms with Gasteiger partial charge in [-0.3, -0.25) is 9.00 Å². The van der Waals surface area contributed by atoms with E-state index < -0.39 is 34.4 Å². The van der Waals surface area contributed by atoms with E-state index in [0.717, 1.165) is 0 Å². The van der Waals surface area contributed by atoms with Crippen LogP contribution in [-0.4, -0.2) is 39.9 Å². The van der Waals surface area contributed by atoms with Gasteiger partial charge in [0.2, 0.25) is 5.91 Å². The van der Waals surface area contributed by atoms with Gasteiger partial charge in [0.05, 0.1) is 0 Å². The Morgan fingerprint density at radius 1 is 1.41 bits per heavy atom. The van der Waals surface area contributed by atoms with Crippen LogP contribution in [-0.2, 0) is 20.3 Å². The Kier molecular flexibility index (Phi) is 6.15. The minimum Gasteiger partial charge on any atom is -0.444 e. The summed E-state index contributed by atoms with van der Waals surface area (Å²) in [7, 11) is -1.04. The van der Waals surface area contributed by atoms with Gasteiger partial charge in [0.25, 0.3) is 0 Å². The third kappa shape index (κ3) is 8.67. The fraction of sp³-hybridized carbons (Fsp3) is 0.800. The fourth-order valence-electron chi connectivity index (χ4n) is 1.02. The molecule has 0 radical (unpaired) electrons. The summed E-state index contributed by atoms with van der Waals surface area (Å²) in [5.41, 5.74) is 4.49. The van der Waals surface area contributed by atoms with Crippen LogP contribution in [0.4, 0.5) is 4.79 Å². The molecule has 0 saturated heterocycles. The molecule has 0 heterocycles. The van der Waals surface area contributed by atoms with E-state index in [4.69, 9.17) is 10.5 Å². The predicted molar refractivity (Wildman–Crippen MR) is 65.9 cm³/mol. The number of primary amides is 1. The van der Waals surface area contributed by atoms with Crippen molar-refractivity contribution in [1.29, 1.82) is 0 Å². The summed E-state index contributed by atoms with van der Waals surface area (Å²) < 4.78 is 15.9. The lowest BCUT2D eigenvalue weighted by molar-refractivity contribution is -0.120. The first-order chi connectivity index (χ1) is 7.61. The van der Waals surface area contributed by atoms with Gasteiger partial charge in [-0.1, -0.05) is 0 Å². The van der Waals surface area contributed by atoms with Crippen LogP contribution in [0.25, 0.3) is 0 Å². The normalized spacial score (nSPS) is 14.8. The summed E-state index contributed by atoms with van der Waals surface area (Å²) in [5, 5.41) is 2.36. The molecule has 2 unspecified atom stereocenters. The van der Waals surface area contributed by atoms with Crippen molar-refractivity contribution in [2.45, 2.75) is 38.8 Å². The van der Waals surface area contributed by atoms with Crippen LogP contribution in [0.15, 0.2) is 0 Å². The third-order valence-corrected chi connectivity index (χ3v) is 2.54. The zero-order valence-corrected chi connectivity index (χ0v) is 11.4. The van der Waals surface area contributed by atoms with Gasteiger partial charge in [-0.2, -0.15) is 0 Å². The highest BCUT2D eigenvalue weighted by atomic mass is 32.2. The van der Waals surface area contributed by atoms with Crippen LogP contribution >= 0.6 is 0 Å². The molecular formula is C10H20N2O4S. The van der Waals surface area contributed by atoms with E-state index >= 15 is 0 Å². The Morgan fingerprint density at radius 2 is 1.94 bits per heavy atom. The molecule has 0 aliphatic heterocycles. The van der Waals surface area contributed by atoms with Crippen molar-refractivity contribution in [3.8, 4) is 0 Å². The Morgan fingerprint density at radius 3 is 2.29 bits per heavy atom. The summed E-state index contributed by atoms with van der Waals surface area (Å²) >= 11 is 0. The summed E-state index contributed by atoms with van der Waals surface area (Å²) in [6.45, 7) is 5.15. The molecule has 0 aromatic heterocycles. The van der Waals surface area contributed by atoms with Gasteiger partial charge < -0.3 is 15.8 Å². The molecule has 0 bridgehead atoms. The fourth-order valence-corrected chi connectivity index (χ4v) is 1.59. The minimum absolute atomic E-state index is 0.234. The number of nitrogens with two attached hydrogens (primary N) is 1. The van der Waals surface area contributed by atoms with Gasteiger partial charge >= 0.3 is 6.09 Å². The van der Waals surface area contributed by atoms with E-state index in [9.17, 15) is 13.8 Å². The second kappa shape index (κ2) is 6.58. The molecule has 6 nitrogen and oxygen atoms in total. The number of hydrogen-bond acceptors (Lipinski definition) is 4. The van der Waals surface area contributed by atoms with Crippen molar-refractivity contribution in [3.05, 3.63) is 0 Å². The number of carbonyl (C=O) groups excluding carboxylic acids is 2. The lowest BCUT2D eigenvalue weighted by Gasteiger charge is -2.22. The number of amides is 2. The molecule has 0 aliphatic rings. The number of ether oxygens (including phenoxy) is 1. The molecule has 0 aromatic rings. The van der Waals surface area contributed by atoms with Crippen LogP contribution in [0.1, 0.15) is 27.2 Å². The molecule has 3 N–H and O–H groups in total. The molecule has 2 atom stereocenters. The smallest absolute Gasteiger partial charge is 0.408 e. The van der Waals surface area contributed by atoms with Gasteiger partial charge in [0, 0.05) is 22.8 Å². The maximum atomic E-state index is 11.4. The standard InChI is InChI=1S/C10H20N2O4S/c1-10(2,3)16-9(14)12-7(8(11)13)5-6-17(4)15/h7H,5-6H2,1-4H3,(H2,11,13)(H,12,14). The van der Waals surface area contributed by atoms with Crippen molar-refractivity contribution < 1.29 is 18.5 Å². The monoisotopic (exact) mass is 264 g/mol. The number of alkyl carbamates (subject to hydrolysis) is 1. The molecule has 17 heavy (non-hydrogen) atoms. The molecule has 0 spiro atoms. The van der Waals surface area contributed by atoms with Crippen LogP contribution in [0.3, 0.4) is 0 Å². The van der Waals surface area contributed by atoms with Gasteiger partial charge in [0.1, 0.15) is 11.6 Å². The largest absolute Gasteiger partial charge is 0.444 e. The van der Waals surface area contributed by atoms with E-state index in [-0.39, 0.29) is 6.42 Å². The van der Waals surface area contributed by atoms with E-state index in [2.05, 4.69) is 5.32 Å². The highest BCUT2D eigenvalue weighted by Gasteiger charge is 2.22. The van der Waals surface area contributed by atoms with Crippen molar-refractivity contribution in [2.24, 2.45) is 5.73 Å². The van der Waals surface area contributed by atoms with Crippen LogP contribution < -0.4 is 11.1 Å². The average Bonchev–Trinajstić information content (AvgIpc) is 2.08. The summed E-state index contributed by atoms with van der Waals surface area (Å²) in [6, 6.07) is -0.853. The SMILES string of the molecule is CS(=O)CCC(NC(=O)OC(C)(C)C)C(N)=O. The zero-order chi connectivity index (χ0) is 13.6. The highest BCUT2D eigenvalue weighted by Crippen LogP contribution is 2.07. The van der Waals surface area contributed by atoms with Gasteiger partial charge in [-0.15, -0.1) is 0 Å². The number of carbonyl (C=O) groups is 2. The first kappa shape index (κ1) is 15.9. The van der Waals surface area contributed by atoms with E-state index in [1.807, 2.05) is 0 Å². The van der Waals surface area contributed by atoms with E-state index in [1.165, 1.54) is 6.26 Å². The van der Waals surface area contributed by atoms with Gasteiger partial charge in [-0.05, 0) is 27.2 Å². The number of hydrogen-bond donors (Lipinski definition) is 2. The number of rotatable bonds is 5. The maximum absolute atomic E-state index is 11.4. The molecule has 0 saturated carbocycles. The third-order valence-electron chi connectivity index (χ3n) is 1.73. The van der Waals surface area contributed by atoms with Crippen molar-refractivity contribution in [3.63, 3.8) is 0 Å². The van der Waals surface area contributed by atoms with E-state index in [1.54, 1.807) is 20.8 Å². The van der Waals surface area contributed by atoms with Crippen LogP contribution in [0, 0.1) is 0 Å². The molecule has 100 valence electrons. The summed E-state index contributed by atoms with van der Waals surface area (Å²) in [6.07, 6.45) is 1.05. The Bertz CT molecular complexity index is 312. The molecule has 0 rings (SSSR count). The molecule has 0 fully saturated rings. The molecule has 7 heteroatoms. The quantitative estimate of drug-likeness (QED) is 0.737. The van der Waals surface area contributed by atoms with Crippen molar-refractivity contribution in [2.75, 3.05) is 12.0 Å². The van der Waals surface area contributed by atoms with Crippen molar-refractivity contribution in [1.82, 2.24) is 5.32 Å². The Labute approximate surface area is 104 Å². The predicted octanol–water partition coefficient (Wildman–Crippen LogP) is 0.134. The molecular weight excluding hydrogens is 244 g/mol. The lowest BCUT2D eigenvalue weighted by Crippen LogP contribution is -2.46. The molecule has 0 aromatic carbocycles. The lowest BCUT2D eigenvalue weighted by atomic mass is 10.2. The van der Waals surface area contributed by atoms with Gasteiger partial charge in [-0.25, -0.2) is 4.79 Å².